The summed E-state index contributed by atoms with van der Waals surface area (Å²) in [5, 5.41) is 0. The summed E-state index contributed by atoms with van der Waals surface area (Å²) in [6.45, 7) is 7.10. The lowest BCUT2D eigenvalue weighted by atomic mass is 10.0. The number of benzene rings is 2. The number of nitrogens with zero attached hydrogens (tertiary/aromatic N) is 2. The Morgan fingerprint density at radius 1 is 0.974 bits per heavy atom. The second-order valence-corrected chi connectivity index (χ2v) is 10.4. The fourth-order valence-corrected chi connectivity index (χ4v) is 5.05. The predicted octanol–water partition coefficient (Wildman–Crippen LogP) is 5.01. The predicted molar refractivity (Wildman–Crippen MR) is 145 cm³/mol. The molecule has 8 nitrogen and oxygen atoms in total. The molecule has 0 radical (unpaired) electrons. The highest BCUT2D eigenvalue weighted by Crippen LogP contribution is 2.33. The molecule has 2 aromatic rings. The summed E-state index contributed by atoms with van der Waals surface area (Å²) in [7, 11) is 1.65. The van der Waals surface area contributed by atoms with E-state index in [4.69, 9.17) is 18.9 Å². The van der Waals surface area contributed by atoms with Gasteiger partial charge in [-0.3, -0.25) is 9.59 Å². The Bertz CT molecular complexity index is 1090. The third-order valence-corrected chi connectivity index (χ3v) is 7.04. The van der Waals surface area contributed by atoms with Gasteiger partial charge in [0.25, 0.3) is 11.8 Å². The maximum atomic E-state index is 13.9. The van der Waals surface area contributed by atoms with Gasteiger partial charge in [-0.1, -0.05) is 38.8 Å². The van der Waals surface area contributed by atoms with E-state index in [0.29, 0.717) is 67.1 Å². The topological polar surface area (TPSA) is 77.5 Å². The molecule has 0 saturated carbocycles. The van der Waals surface area contributed by atoms with Crippen molar-refractivity contribution in [2.75, 3.05) is 46.8 Å². The molecule has 2 aromatic carbocycles. The van der Waals surface area contributed by atoms with Gasteiger partial charge in [-0.05, 0) is 55.5 Å². The van der Waals surface area contributed by atoms with Crippen LogP contribution < -0.4 is 14.2 Å². The molecule has 0 bridgehead atoms. The van der Waals surface area contributed by atoms with Crippen LogP contribution in [0.3, 0.4) is 0 Å². The Hall–Kier alpha value is -3.26. The number of rotatable bonds is 6. The molecule has 0 aromatic heterocycles. The molecule has 206 valence electrons. The molecule has 0 saturated heterocycles. The summed E-state index contributed by atoms with van der Waals surface area (Å²) in [5.74, 6) is 2.06. The maximum Gasteiger partial charge on any atom is 0.257 e. The van der Waals surface area contributed by atoms with Gasteiger partial charge in [0.2, 0.25) is 6.79 Å². The van der Waals surface area contributed by atoms with Crippen LogP contribution in [0.1, 0.15) is 66.7 Å². The number of methoxy groups -OCH3 is 1. The van der Waals surface area contributed by atoms with Gasteiger partial charge in [-0.2, -0.15) is 0 Å². The first-order chi connectivity index (χ1) is 18.5. The Labute approximate surface area is 225 Å². The highest BCUT2D eigenvalue weighted by Gasteiger charge is 2.29. The maximum absolute atomic E-state index is 13.9. The Kier molecular flexibility index (Phi) is 9.87. The number of carbonyl (C=O) groups excluding carboxylic acids is 2. The van der Waals surface area contributed by atoms with Crippen molar-refractivity contribution in [1.29, 1.82) is 0 Å². The molecule has 0 N–H and O–H groups in total. The fraction of sp³-hybridized carbons (Fsp3) is 0.533. The first kappa shape index (κ1) is 27.8. The lowest BCUT2D eigenvalue weighted by Gasteiger charge is -2.34. The molecule has 0 spiro atoms. The number of ether oxygens (including phenoxy) is 4. The van der Waals surface area contributed by atoms with Crippen LogP contribution in [0.4, 0.5) is 0 Å². The average Bonchev–Trinajstić information content (AvgIpc) is 3.39. The Morgan fingerprint density at radius 2 is 1.74 bits per heavy atom. The summed E-state index contributed by atoms with van der Waals surface area (Å²) in [4.78, 5) is 31.2. The standard InChI is InChI=1S/C30H40N2O6/c1-22(2)18-24-20-36-26-11-7-6-10-25(26)30(34)31(16-17-35-3)14-8-4-5-9-15-32(24)29(33)23-12-13-27-28(19-23)38-21-37-27/h6-7,10-13,19,22,24H,4-5,8-9,14-18,20-21H2,1-3H3/t24-/m0/s1. The van der Waals surface area contributed by atoms with Gasteiger partial charge in [0.05, 0.1) is 18.2 Å². The van der Waals surface area contributed by atoms with Crippen molar-refractivity contribution in [2.24, 2.45) is 5.92 Å². The molecular formula is C30H40N2O6. The van der Waals surface area contributed by atoms with Crippen LogP contribution in [0.25, 0.3) is 0 Å². The molecule has 0 unspecified atom stereocenters. The molecule has 2 aliphatic rings. The fourth-order valence-electron chi connectivity index (χ4n) is 5.05. The number of amides is 2. The quantitative estimate of drug-likeness (QED) is 0.529. The van der Waals surface area contributed by atoms with Crippen molar-refractivity contribution >= 4 is 11.8 Å². The summed E-state index contributed by atoms with van der Waals surface area (Å²) in [5.41, 5.74) is 1.12. The van der Waals surface area contributed by atoms with Gasteiger partial charge in [-0.15, -0.1) is 0 Å². The zero-order valence-corrected chi connectivity index (χ0v) is 22.8. The molecule has 8 heteroatoms. The van der Waals surface area contributed by atoms with Crippen molar-refractivity contribution in [3.63, 3.8) is 0 Å². The summed E-state index contributed by atoms with van der Waals surface area (Å²) in [6, 6.07) is 12.6. The second-order valence-electron chi connectivity index (χ2n) is 10.4. The van der Waals surface area contributed by atoms with Crippen molar-refractivity contribution in [1.82, 2.24) is 9.80 Å². The second kappa shape index (κ2) is 13.5. The molecule has 1 atom stereocenters. The van der Waals surface area contributed by atoms with Crippen LogP contribution in [0, 0.1) is 5.92 Å². The molecule has 2 aliphatic heterocycles. The first-order valence-electron chi connectivity index (χ1n) is 13.7. The van der Waals surface area contributed by atoms with Crippen LogP contribution in [0.5, 0.6) is 17.2 Å². The minimum Gasteiger partial charge on any atom is -0.491 e. The van der Waals surface area contributed by atoms with Gasteiger partial charge in [-0.25, -0.2) is 0 Å². The highest BCUT2D eigenvalue weighted by atomic mass is 16.7. The van der Waals surface area contributed by atoms with Gasteiger partial charge in [0.15, 0.2) is 11.5 Å². The number of hydrogen-bond donors (Lipinski definition) is 0. The van der Waals surface area contributed by atoms with E-state index in [1.807, 2.05) is 34.1 Å². The van der Waals surface area contributed by atoms with E-state index >= 15 is 0 Å². The van der Waals surface area contributed by atoms with Crippen LogP contribution in [-0.2, 0) is 4.74 Å². The molecule has 0 aliphatic carbocycles. The summed E-state index contributed by atoms with van der Waals surface area (Å²) in [6.07, 6.45) is 4.52. The monoisotopic (exact) mass is 524 g/mol. The minimum atomic E-state index is -0.149. The first-order valence-corrected chi connectivity index (χ1v) is 13.7. The number of carbonyl (C=O) groups is 2. The van der Waals surface area contributed by atoms with E-state index in [1.54, 1.807) is 25.3 Å². The minimum absolute atomic E-state index is 0.0419. The summed E-state index contributed by atoms with van der Waals surface area (Å²) >= 11 is 0. The van der Waals surface area contributed by atoms with Crippen LogP contribution in [-0.4, -0.2) is 74.4 Å². The molecule has 4 rings (SSSR count). The van der Waals surface area contributed by atoms with Crippen LogP contribution in [0.2, 0.25) is 0 Å². The van der Waals surface area contributed by atoms with E-state index in [0.717, 1.165) is 32.1 Å². The zero-order valence-electron chi connectivity index (χ0n) is 22.8. The molecule has 2 amide bonds. The Balaban J connectivity index is 1.62. The SMILES string of the molecule is COCCN1CCCCCCN(C(=O)c2ccc3c(c2)OCO3)[C@@H](CC(C)C)COc2ccccc2C1=O. The van der Waals surface area contributed by atoms with Crippen molar-refractivity contribution < 1.29 is 28.5 Å². The van der Waals surface area contributed by atoms with Gasteiger partial charge >= 0.3 is 0 Å². The highest BCUT2D eigenvalue weighted by molar-refractivity contribution is 5.97. The lowest BCUT2D eigenvalue weighted by Crippen LogP contribution is -2.45. The normalized spacial score (nSPS) is 18.6. The average molecular weight is 525 g/mol. The molecule has 0 fully saturated rings. The third kappa shape index (κ3) is 6.98. The zero-order chi connectivity index (χ0) is 26.9. The van der Waals surface area contributed by atoms with Crippen LogP contribution in [0.15, 0.2) is 42.5 Å². The van der Waals surface area contributed by atoms with E-state index in [2.05, 4.69) is 13.8 Å². The third-order valence-electron chi connectivity index (χ3n) is 7.04. The Morgan fingerprint density at radius 3 is 2.53 bits per heavy atom. The molecular weight excluding hydrogens is 484 g/mol. The largest absolute Gasteiger partial charge is 0.491 e. The smallest absolute Gasteiger partial charge is 0.257 e. The summed E-state index contributed by atoms with van der Waals surface area (Å²) < 4.78 is 22.6. The number of hydrogen-bond acceptors (Lipinski definition) is 6. The van der Waals surface area contributed by atoms with Crippen LogP contribution >= 0.6 is 0 Å². The number of para-hydroxylation sites is 1. The van der Waals surface area contributed by atoms with Crippen molar-refractivity contribution in [3.8, 4) is 17.2 Å². The van der Waals surface area contributed by atoms with Gasteiger partial charge in [0.1, 0.15) is 12.4 Å². The molecule has 38 heavy (non-hydrogen) atoms. The van der Waals surface area contributed by atoms with Gasteiger partial charge in [0, 0.05) is 32.3 Å². The van der Waals surface area contributed by atoms with E-state index in [1.165, 1.54) is 0 Å². The van der Waals surface area contributed by atoms with Gasteiger partial charge < -0.3 is 28.7 Å². The van der Waals surface area contributed by atoms with E-state index in [9.17, 15) is 9.59 Å². The van der Waals surface area contributed by atoms with Crippen molar-refractivity contribution in [2.45, 2.75) is 52.0 Å². The lowest BCUT2D eigenvalue weighted by molar-refractivity contribution is 0.0561. The molecule has 2 heterocycles. The van der Waals surface area contributed by atoms with E-state index in [-0.39, 0.29) is 24.6 Å². The van der Waals surface area contributed by atoms with Crippen molar-refractivity contribution in [3.05, 3.63) is 53.6 Å². The van der Waals surface area contributed by atoms with E-state index < -0.39 is 0 Å². The number of fused-ring (bicyclic) bond motifs is 2.